The van der Waals surface area contributed by atoms with E-state index in [1.54, 1.807) is 7.11 Å². The Morgan fingerprint density at radius 2 is 2.15 bits per heavy atom. The first kappa shape index (κ1) is 13.5. The summed E-state index contributed by atoms with van der Waals surface area (Å²) in [5.74, 6) is 1.74. The predicted octanol–water partition coefficient (Wildman–Crippen LogP) is 4.51. The van der Waals surface area contributed by atoms with Gasteiger partial charge in [0.1, 0.15) is 5.75 Å². The Balaban J connectivity index is 1.81. The van der Waals surface area contributed by atoms with Crippen LogP contribution < -0.4 is 10.1 Å². The molecule has 106 valence electrons. The maximum Gasteiger partial charge on any atom is 0.207 e. The summed E-state index contributed by atoms with van der Waals surface area (Å²) in [6.07, 6.45) is 9.05. The van der Waals surface area contributed by atoms with Crippen molar-refractivity contribution in [3.05, 3.63) is 35.1 Å². The molecule has 0 spiro atoms. The number of rotatable bonds is 4. The van der Waals surface area contributed by atoms with Crippen LogP contribution >= 0.6 is 15.9 Å². The first-order valence-electron chi connectivity index (χ1n) is 6.91. The zero-order valence-electron chi connectivity index (χ0n) is 11.5. The Hall–Kier alpha value is -1.49. The average molecular weight is 336 g/mol. The fourth-order valence-corrected chi connectivity index (χ4v) is 3.30. The second-order valence-corrected chi connectivity index (χ2v) is 5.93. The van der Waals surface area contributed by atoms with Gasteiger partial charge in [0.05, 0.1) is 11.6 Å². The number of aromatic nitrogens is 2. The van der Waals surface area contributed by atoms with Gasteiger partial charge < -0.3 is 14.6 Å². The first-order chi connectivity index (χ1) is 9.78. The van der Waals surface area contributed by atoms with Crippen molar-refractivity contribution in [2.45, 2.75) is 31.7 Å². The van der Waals surface area contributed by atoms with Gasteiger partial charge in [-0.3, -0.25) is 0 Å². The molecule has 1 aromatic carbocycles. The van der Waals surface area contributed by atoms with E-state index in [0.29, 0.717) is 6.04 Å². The molecule has 1 aliphatic carbocycles. The molecule has 20 heavy (non-hydrogen) atoms. The number of halogens is 1. The molecular formula is C15H18BrN3O. The lowest BCUT2D eigenvalue weighted by atomic mass is 10.2. The van der Waals surface area contributed by atoms with Crippen LogP contribution in [0.15, 0.2) is 35.1 Å². The van der Waals surface area contributed by atoms with Crippen LogP contribution in [0.2, 0.25) is 0 Å². The van der Waals surface area contributed by atoms with Gasteiger partial charge in [0.2, 0.25) is 5.95 Å². The smallest absolute Gasteiger partial charge is 0.207 e. The van der Waals surface area contributed by atoms with Crippen molar-refractivity contribution < 1.29 is 4.74 Å². The third-order valence-electron chi connectivity index (χ3n) is 3.79. The lowest BCUT2D eigenvalue weighted by Crippen LogP contribution is -2.07. The van der Waals surface area contributed by atoms with Crippen LogP contribution in [0.5, 0.6) is 5.75 Å². The molecule has 0 atom stereocenters. The number of imidazole rings is 1. The topological polar surface area (TPSA) is 39.1 Å². The van der Waals surface area contributed by atoms with Crippen LogP contribution in [0.25, 0.3) is 0 Å². The number of nitrogens with one attached hydrogen (secondary N) is 1. The summed E-state index contributed by atoms with van der Waals surface area (Å²) < 4.78 is 8.43. The second-order valence-electron chi connectivity index (χ2n) is 5.07. The van der Waals surface area contributed by atoms with Gasteiger partial charge in [-0.15, -0.1) is 0 Å². The summed E-state index contributed by atoms with van der Waals surface area (Å²) in [5, 5.41) is 3.39. The fourth-order valence-electron chi connectivity index (χ4n) is 2.76. The molecule has 0 radical (unpaired) electrons. The van der Waals surface area contributed by atoms with E-state index in [-0.39, 0.29) is 0 Å². The molecule has 1 saturated carbocycles. The molecular weight excluding hydrogens is 318 g/mol. The SMILES string of the molecule is COc1ccc(Nc2nccn2C2CCCC2)cc1Br. The van der Waals surface area contributed by atoms with Crippen molar-refractivity contribution in [2.24, 2.45) is 0 Å². The number of nitrogens with zero attached hydrogens (tertiary/aromatic N) is 2. The van der Waals surface area contributed by atoms with Gasteiger partial charge in [-0.05, 0) is 47.0 Å². The van der Waals surface area contributed by atoms with Crippen molar-refractivity contribution in [2.75, 3.05) is 12.4 Å². The van der Waals surface area contributed by atoms with Crippen LogP contribution in [-0.4, -0.2) is 16.7 Å². The number of benzene rings is 1. The van der Waals surface area contributed by atoms with Crippen LogP contribution in [-0.2, 0) is 0 Å². The monoisotopic (exact) mass is 335 g/mol. The van der Waals surface area contributed by atoms with Crippen molar-refractivity contribution in [1.29, 1.82) is 0 Å². The fraction of sp³-hybridized carbons (Fsp3) is 0.400. The first-order valence-corrected chi connectivity index (χ1v) is 7.70. The van der Waals surface area contributed by atoms with Crippen molar-refractivity contribution in [3.63, 3.8) is 0 Å². The molecule has 0 aliphatic heterocycles. The van der Waals surface area contributed by atoms with Crippen molar-refractivity contribution in [3.8, 4) is 5.75 Å². The van der Waals surface area contributed by atoms with Gasteiger partial charge in [0.15, 0.2) is 0 Å². The van der Waals surface area contributed by atoms with E-state index in [9.17, 15) is 0 Å². The highest BCUT2D eigenvalue weighted by Crippen LogP contribution is 2.33. The Bertz CT molecular complexity index is 591. The van der Waals surface area contributed by atoms with Gasteiger partial charge >= 0.3 is 0 Å². The van der Waals surface area contributed by atoms with E-state index < -0.39 is 0 Å². The zero-order chi connectivity index (χ0) is 13.9. The minimum Gasteiger partial charge on any atom is -0.496 e. The molecule has 0 unspecified atom stereocenters. The summed E-state index contributed by atoms with van der Waals surface area (Å²) in [4.78, 5) is 4.43. The van der Waals surface area contributed by atoms with Gasteiger partial charge in [-0.25, -0.2) is 4.98 Å². The van der Waals surface area contributed by atoms with E-state index in [1.165, 1.54) is 25.7 Å². The van der Waals surface area contributed by atoms with Crippen molar-refractivity contribution >= 4 is 27.6 Å². The van der Waals surface area contributed by atoms with Crippen LogP contribution in [0.1, 0.15) is 31.7 Å². The second kappa shape index (κ2) is 5.87. The summed E-state index contributed by atoms with van der Waals surface area (Å²) in [6, 6.07) is 6.53. The van der Waals surface area contributed by atoms with E-state index in [4.69, 9.17) is 4.74 Å². The number of ether oxygens (including phenoxy) is 1. The van der Waals surface area contributed by atoms with E-state index in [2.05, 4.69) is 37.0 Å². The molecule has 3 rings (SSSR count). The molecule has 2 aromatic rings. The van der Waals surface area contributed by atoms with Crippen LogP contribution in [0, 0.1) is 0 Å². The van der Waals surface area contributed by atoms with Gasteiger partial charge in [-0.2, -0.15) is 0 Å². The standard InChI is InChI=1S/C15H18BrN3O/c1-20-14-7-6-11(10-13(14)16)18-15-17-8-9-19(15)12-4-2-3-5-12/h6-10,12H,2-5H2,1H3,(H,17,18). The third kappa shape index (κ3) is 2.68. The Kier molecular flexibility index (Phi) is 3.96. The molecule has 5 heteroatoms. The highest BCUT2D eigenvalue weighted by molar-refractivity contribution is 9.10. The molecule has 1 fully saturated rings. The number of hydrogen-bond acceptors (Lipinski definition) is 3. The highest BCUT2D eigenvalue weighted by Gasteiger charge is 2.19. The molecule has 4 nitrogen and oxygen atoms in total. The molecule has 0 amide bonds. The summed E-state index contributed by atoms with van der Waals surface area (Å²) in [5.41, 5.74) is 1.00. The predicted molar refractivity (Wildman–Crippen MR) is 83.7 cm³/mol. The largest absolute Gasteiger partial charge is 0.496 e. The summed E-state index contributed by atoms with van der Waals surface area (Å²) >= 11 is 3.50. The quantitative estimate of drug-likeness (QED) is 0.893. The molecule has 1 heterocycles. The molecule has 0 saturated heterocycles. The summed E-state index contributed by atoms with van der Waals surface area (Å²) in [6.45, 7) is 0. The lowest BCUT2D eigenvalue weighted by Gasteiger charge is -2.16. The number of methoxy groups -OCH3 is 1. The average Bonchev–Trinajstić information content (AvgIpc) is 3.09. The highest BCUT2D eigenvalue weighted by atomic mass is 79.9. The van der Waals surface area contributed by atoms with Gasteiger partial charge in [0, 0.05) is 24.1 Å². The minimum atomic E-state index is 0.585. The normalized spacial score (nSPS) is 15.5. The maximum absolute atomic E-state index is 5.24. The van der Waals surface area contributed by atoms with E-state index >= 15 is 0 Å². The van der Waals surface area contributed by atoms with E-state index in [0.717, 1.165) is 21.9 Å². The van der Waals surface area contributed by atoms with Crippen LogP contribution in [0.4, 0.5) is 11.6 Å². The van der Waals surface area contributed by atoms with Crippen LogP contribution in [0.3, 0.4) is 0 Å². The third-order valence-corrected chi connectivity index (χ3v) is 4.41. The van der Waals surface area contributed by atoms with Gasteiger partial charge in [-0.1, -0.05) is 12.8 Å². The zero-order valence-corrected chi connectivity index (χ0v) is 13.1. The molecule has 1 aliphatic rings. The van der Waals surface area contributed by atoms with E-state index in [1.807, 2.05) is 24.4 Å². The molecule has 1 N–H and O–H groups in total. The Morgan fingerprint density at radius 3 is 2.85 bits per heavy atom. The number of anilines is 2. The minimum absolute atomic E-state index is 0.585. The van der Waals surface area contributed by atoms with Gasteiger partial charge in [0.25, 0.3) is 0 Å². The van der Waals surface area contributed by atoms with Crippen molar-refractivity contribution in [1.82, 2.24) is 9.55 Å². The molecule has 0 bridgehead atoms. The lowest BCUT2D eigenvalue weighted by molar-refractivity contribution is 0.412. The number of hydrogen-bond donors (Lipinski definition) is 1. The maximum atomic E-state index is 5.24. The molecule has 1 aromatic heterocycles. The summed E-state index contributed by atoms with van der Waals surface area (Å²) in [7, 11) is 1.67. The Morgan fingerprint density at radius 1 is 1.35 bits per heavy atom. The Labute approximate surface area is 127 Å².